The third-order valence-electron chi connectivity index (χ3n) is 4.48. The predicted octanol–water partition coefficient (Wildman–Crippen LogP) is 1.05. The van der Waals surface area contributed by atoms with Crippen molar-refractivity contribution in [3.8, 4) is 11.3 Å². The maximum Gasteiger partial charge on any atom is 0.272 e. The van der Waals surface area contributed by atoms with Crippen LogP contribution in [0.15, 0.2) is 36.4 Å². The number of imide groups is 1. The average molecular weight is 324 g/mol. The number of nitrogens with zero attached hydrogens (tertiary/aromatic N) is 3. The monoisotopic (exact) mass is 324 g/mol. The fourth-order valence-corrected chi connectivity index (χ4v) is 3.14. The first-order chi connectivity index (χ1) is 11.6. The Morgan fingerprint density at radius 3 is 2.42 bits per heavy atom. The predicted molar refractivity (Wildman–Crippen MR) is 84.8 cm³/mol. The number of H-pyrrole nitrogens is 1. The zero-order valence-electron chi connectivity index (χ0n) is 12.9. The fourth-order valence-electron chi connectivity index (χ4n) is 3.14. The molecule has 2 aliphatic heterocycles. The summed E-state index contributed by atoms with van der Waals surface area (Å²) in [6.45, 7) is 0.770. The van der Waals surface area contributed by atoms with E-state index in [1.807, 2.05) is 30.3 Å². The molecule has 1 aromatic heterocycles. The molecule has 122 valence electrons. The molecular formula is C17H16N4O3. The molecule has 2 aromatic rings. The van der Waals surface area contributed by atoms with Crippen LogP contribution in [0.2, 0.25) is 0 Å². The Morgan fingerprint density at radius 2 is 1.75 bits per heavy atom. The molecular weight excluding hydrogens is 308 g/mol. The molecule has 7 nitrogen and oxygen atoms in total. The van der Waals surface area contributed by atoms with Gasteiger partial charge in [0.15, 0.2) is 0 Å². The zero-order valence-corrected chi connectivity index (χ0v) is 12.9. The Kier molecular flexibility index (Phi) is 3.41. The van der Waals surface area contributed by atoms with Gasteiger partial charge in [-0.3, -0.25) is 24.4 Å². The molecule has 1 aromatic carbocycles. The van der Waals surface area contributed by atoms with Crippen LogP contribution < -0.4 is 0 Å². The summed E-state index contributed by atoms with van der Waals surface area (Å²) in [6, 6.07) is 11.1. The van der Waals surface area contributed by atoms with Gasteiger partial charge in [-0.05, 0) is 6.07 Å². The summed E-state index contributed by atoms with van der Waals surface area (Å²) < 4.78 is 0. The van der Waals surface area contributed by atoms with Gasteiger partial charge >= 0.3 is 0 Å². The molecule has 2 saturated heterocycles. The molecule has 2 aliphatic rings. The third kappa shape index (κ3) is 2.38. The lowest BCUT2D eigenvalue weighted by molar-refractivity contribution is -0.144. The highest BCUT2D eigenvalue weighted by Gasteiger charge is 2.43. The van der Waals surface area contributed by atoms with Crippen molar-refractivity contribution in [1.82, 2.24) is 20.0 Å². The van der Waals surface area contributed by atoms with E-state index in [-0.39, 0.29) is 36.6 Å². The number of aromatic nitrogens is 2. The van der Waals surface area contributed by atoms with Crippen molar-refractivity contribution in [2.24, 2.45) is 0 Å². The van der Waals surface area contributed by atoms with Crippen molar-refractivity contribution in [2.45, 2.75) is 18.9 Å². The van der Waals surface area contributed by atoms with E-state index < -0.39 is 0 Å². The van der Waals surface area contributed by atoms with Crippen molar-refractivity contribution in [2.75, 3.05) is 13.1 Å². The molecule has 1 N–H and O–H groups in total. The lowest BCUT2D eigenvalue weighted by Crippen LogP contribution is -2.62. The molecule has 3 heterocycles. The van der Waals surface area contributed by atoms with Crippen molar-refractivity contribution in [3.63, 3.8) is 0 Å². The summed E-state index contributed by atoms with van der Waals surface area (Å²) in [5.74, 6) is -0.435. The van der Waals surface area contributed by atoms with E-state index in [9.17, 15) is 14.4 Å². The van der Waals surface area contributed by atoms with Crippen LogP contribution in [0, 0.1) is 0 Å². The van der Waals surface area contributed by atoms with Gasteiger partial charge in [-0.1, -0.05) is 30.3 Å². The van der Waals surface area contributed by atoms with Gasteiger partial charge in [0.2, 0.25) is 11.8 Å². The van der Waals surface area contributed by atoms with Crippen molar-refractivity contribution >= 4 is 17.7 Å². The van der Waals surface area contributed by atoms with E-state index in [1.165, 1.54) is 4.90 Å². The quantitative estimate of drug-likeness (QED) is 0.855. The Hall–Kier alpha value is -2.96. The Morgan fingerprint density at radius 1 is 1.08 bits per heavy atom. The highest BCUT2D eigenvalue weighted by molar-refractivity contribution is 6.03. The normalized spacial score (nSPS) is 18.2. The number of aromatic amines is 1. The molecule has 0 unspecified atom stereocenters. The average Bonchev–Trinajstić information content (AvgIpc) is 3.16. The molecule has 24 heavy (non-hydrogen) atoms. The molecule has 0 radical (unpaired) electrons. The molecule has 0 saturated carbocycles. The molecule has 4 rings (SSSR count). The minimum atomic E-state index is -0.187. The number of hydrogen-bond acceptors (Lipinski definition) is 4. The van der Waals surface area contributed by atoms with Gasteiger partial charge in [0.1, 0.15) is 5.69 Å². The number of likely N-dealkylation sites (tertiary alicyclic amines) is 2. The lowest BCUT2D eigenvalue weighted by Gasteiger charge is -2.42. The summed E-state index contributed by atoms with van der Waals surface area (Å²) in [7, 11) is 0. The van der Waals surface area contributed by atoms with Crippen LogP contribution in [0.3, 0.4) is 0 Å². The van der Waals surface area contributed by atoms with E-state index in [2.05, 4.69) is 10.2 Å². The van der Waals surface area contributed by atoms with Crippen molar-refractivity contribution in [3.05, 3.63) is 42.1 Å². The first-order valence-electron chi connectivity index (χ1n) is 7.88. The number of rotatable bonds is 3. The third-order valence-corrected chi connectivity index (χ3v) is 4.48. The van der Waals surface area contributed by atoms with Gasteiger partial charge in [0, 0.05) is 31.5 Å². The summed E-state index contributed by atoms with van der Waals surface area (Å²) >= 11 is 0. The van der Waals surface area contributed by atoms with Gasteiger partial charge < -0.3 is 4.90 Å². The highest BCUT2D eigenvalue weighted by Crippen LogP contribution is 2.24. The number of carbonyl (C=O) groups is 3. The number of amides is 3. The molecule has 3 amide bonds. The van der Waals surface area contributed by atoms with Crippen molar-refractivity contribution in [1.29, 1.82) is 0 Å². The SMILES string of the molecule is O=C(c1cc(-c2ccccc2)n[nH]1)N1CC(N2C(=O)CCC2=O)C1. The zero-order chi connectivity index (χ0) is 16.7. The van der Waals surface area contributed by atoms with Crippen LogP contribution in [0.5, 0.6) is 0 Å². The Bertz CT molecular complexity index is 792. The maximum atomic E-state index is 12.5. The Labute approximate surface area is 138 Å². The minimum absolute atomic E-state index is 0.134. The fraction of sp³-hybridized carbons (Fsp3) is 0.294. The minimum Gasteiger partial charge on any atom is -0.333 e. The largest absolute Gasteiger partial charge is 0.333 e. The van der Waals surface area contributed by atoms with Crippen LogP contribution >= 0.6 is 0 Å². The van der Waals surface area contributed by atoms with Crippen LogP contribution in [-0.4, -0.2) is 56.9 Å². The second kappa shape index (κ2) is 5.59. The van der Waals surface area contributed by atoms with Crippen LogP contribution in [0.25, 0.3) is 11.3 Å². The smallest absolute Gasteiger partial charge is 0.272 e. The van der Waals surface area contributed by atoms with E-state index in [1.54, 1.807) is 11.0 Å². The summed E-state index contributed by atoms with van der Waals surface area (Å²) in [4.78, 5) is 38.8. The van der Waals surface area contributed by atoms with Gasteiger partial charge in [-0.25, -0.2) is 0 Å². The van der Waals surface area contributed by atoms with E-state index >= 15 is 0 Å². The second-order valence-corrected chi connectivity index (χ2v) is 6.05. The first kappa shape index (κ1) is 14.6. The van der Waals surface area contributed by atoms with Gasteiger partial charge in [0.25, 0.3) is 5.91 Å². The number of benzene rings is 1. The number of hydrogen-bond donors (Lipinski definition) is 1. The number of nitrogens with one attached hydrogen (secondary N) is 1. The first-order valence-corrected chi connectivity index (χ1v) is 7.88. The summed E-state index contributed by atoms with van der Waals surface area (Å²) in [6.07, 6.45) is 0.564. The summed E-state index contributed by atoms with van der Waals surface area (Å²) in [5.41, 5.74) is 2.05. The van der Waals surface area contributed by atoms with E-state index in [4.69, 9.17) is 0 Å². The van der Waals surface area contributed by atoms with Gasteiger partial charge in [0.05, 0.1) is 11.7 Å². The molecule has 7 heteroatoms. The van der Waals surface area contributed by atoms with E-state index in [0.717, 1.165) is 5.56 Å². The second-order valence-electron chi connectivity index (χ2n) is 6.05. The van der Waals surface area contributed by atoms with Gasteiger partial charge in [-0.2, -0.15) is 5.10 Å². The molecule has 0 bridgehead atoms. The highest BCUT2D eigenvalue weighted by atomic mass is 16.2. The lowest BCUT2D eigenvalue weighted by atomic mass is 10.1. The maximum absolute atomic E-state index is 12.5. The molecule has 2 fully saturated rings. The number of carbonyl (C=O) groups excluding carboxylic acids is 3. The summed E-state index contributed by atoms with van der Waals surface area (Å²) in [5, 5.41) is 6.94. The van der Waals surface area contributed by atoms with Gasteiger partial charge in [-0.15, -0.1) is 0 Å². The molecule has 0 atom stereocenters. The topological polar surface area (TPSA) is 86.4 Å². The van der Waals surface area contributed by atoms with Crippen LogP contribution in [0.4, 0.5) is 0 Å². The van der Waals surface area contributed by atoms with Crippen molar-refractivity contribution < 1.29 is 14.4 Å². The standard InChI is InChI=1S/C17H16N4O3/c22-15-6-7-16(23)21(15)12-9-20(10-12)17(24)14-8-13(18-19-14)11-4-2-1-3-5-11/h1-5,8,12H,6-7,9-10H2,(H,18,19). The molecule has 0 spiro atoms. The molecule has 0 aliphatic carbocycles. The van der Waals surface area contributed by atoms with Crippen LogP contribution in [0.1, 0.15) is 23.3 Å². The Balaban J connectivity index is 1.42. The van der Waals surface area contributed by atoms with Crippen LogP contribution in [-0.2, 0) is 9.59 Å². The van der Waals surface area contributed by atoms with E-state index in [0.29, 0.717) is 24.5 Å².